The number of carbonyl (C=O) groups is 1. The van der Waals surface area contributed by atoms with Gasteiger partial charge in [-0.2, -0.15) is 4.98 Å². The number of rotatable bonds is 9. The van der Waals surface area contributed by atoms with Crippen LogP contribution in [0.5, 0.6) is 0 Å². The second kappa shape index (κ2) is 9.96. The van der Waals surface area contributed by atoms with E-state index in [1.807, 2.05) is 35.2 Å². The van der Waals surface area contributed by atoms with E-state index in [-0.39, 0.29) is 17.8 Å². The molecule has 6 heteroatoms. The summed E-state index contributed by atoms with van der Waals surface area (Å²) in [6.45, 7) is 4.65. The second-order valence-electron chi connectivity index (χ2n) is 7.10. The van der Waals surface area contributed by atoms with Crippen molar-refractivity contribution in [1.29, 1.82) is 0 Å². The molecule has 0 aliphatic heterocycles. The third-order valence-electron chi connectivity index (χ3n) is 5.05. The number of aryl methyl sites for hydroxylation is 1. The van der Waals surface area contributed by atoms with Crippen LogP contribution in [0.1, 0.15) is 38.1 Å². The van der Waals surface area contributed by atoms with Gasteiger partial charge in [-0.1, -0.05) is 42.4 Å². The van der Waals surface area contributed by atoms with E-state index in [0.717, 1.165) is 18.4 Å². The molecule has 0 fully saturated rings. The van der Waals surface area contributed by atoms with Gasteiger partial charge in [0.15, 0.2) is 0 Å². The highest BCUT2D eigenvalue weighted by Crippen LogP contribution is 2.17. The van der Waals surface area contributed by atoms with Gasteiger partial charge in [-0.25, -0.2) is 4.39 Å². The van der Waals surface area contributed by atoms with Crippen molar-refractivity contribution in [3.8, 4) is 11.4 Å². The maximum atomic E-state index is 13.1. The van der Waals surface area contributed by atoms with Gasteiger partial charge in [0.25, 0.3) is 0 Å². The smallest absolute Gasteiger partial charge is 0.228 e. The van der Waals surface area contributed by atoms with Crippen molar-refractivity contribution in [3.63, 3.8) is 0 Å². The van der Waals surface area contributed by atoms with Gasteiger partial charge in [0.1, 0.15) is 5.82 Å². The molecule has 152 valence electrons. The van der Waals surface area contributed by atoms with Crippen molar-refractivity contribution in [2.75, 3.05) is 6.54 Å². The lowest BCUT2D eigenvalue weighted by Gasteiger charge is -2.28. The standard InChI is InChI=1S/C23H26FN3O2/c1-3-17(2)27(22(28)14-9-18-7-5-4-6-8-18)16-15-21-25-23(26-29-21)19-10-12-20(24)13-11-19/h4-8,10-13,17H,3,9,14-16H2,1-2H3/t17-/m0/s1. The predicted molar refractivity (Wildman–Crippen MR) is 110 cm³/mol. The van der Waals surface area contributed by atoms with Gasteiger partial charge >= 0.3 is 0 Å². The third kappa shape index (κ3) is 5.73. The lowest BCUT2D eigenvalue weighted by Crippen LogP contribution is -2.40. The van der Waals surface area contributed by atoms with Gasteiger partial charge in [0, 0.05) is 31.0 Å². The summed E-state index contributed by atoms with van der Waals surface area (Å²) < 4.78 is 18.4. The zero-order chi connectivity index (χ0) is 20.6. The van der Waals surface area contributed by atoms with Crippen LogP contribution >= 0.6 is 0 Å². The topological polar surface area (TPSA) is 59.2 Å². The Morgan fingerprint density at radius 2 is 1.83 bits per heavy atom. The average molecular weight is 395 g/mol. The van der Waals surface area contributed by atoms with Crippen LogP contribution in [0.25, 0.3) is 11.4 Å². The van der Waals surface area contributed by atoms with E-state index < -0.39 is 0 Å². The Morgan fingerprint density at radius 3 is 2.52 bits per heavy atom. The first-order valence-corrected chi connectivity index (χ1v) is 9.98. The summed E-state index contributed by atoms with van der Waals surface area (Å²) in [4.78, 5) is 19.1. The molecule has 1 amide bonds. The quantitative estimate of drug-likeness (QED) is 0.528. The Hall–Kier alpha value is -3.02. The van der Waals surface area contributed by atoms with E-state index in [0.29, 0.717) is 36.7 Å². The molecule has 29 heavy (non-hydrogen) atoms. The largest absolute Gasteiger partial charge is 0.339 e. The molecule has 3 aromatic rings. The van der Waals surface area contributed by atoms with Crippen molar-refractivity contribution >= 4 is 5.91 Å². The van der Waals surface area contributed by atoms with Crippen LogP contribution < -0.4 is 0 Å². The number of hydrogen-bond acceptors (Lipinski definition) is 4. The molecule has 0 bridgehead atoms. The summed E-state index contributed by atoms with van der Waals surface area (Å²) in [6, 6.07) is 16.1. The van der Waals surface area contributed by atoms with Crippen LogP contribution in [0.3, 0.4) is 0 Å². The monoisotopic (exact) mass is 395 g/mol. The molecule has 0 aliphatic rings. The molecule has 0 spiro atoms. The molecule has 5 nitrogen and oxygen atoms in total. The Kier molecular flexibility index (Phi) is 7.11. The molecule has 0 radical (unpaired) electrons. The maximum Gasteiger partial charge on any atom is 0.228 e. The minimum atomic E-state index is -0.310. The Balaban J connectivity index is 1.60. The van der Waals surface area contributed by atoms with Crippen LogP contribution in [0.2, 0.25) is 0 Å². The van der Waals surface area contributed by atoms with Crippen LogP contribution in [-0.2, 0) is 17.6 Å². The van der Waals surface area contributed by atoms with Crippen molar-refractivity contribution in [3.05, 3.63) is 71.9 Å². The maximum absolute atomic E-state index is 13.1. The van der Waals surface area contributed by atoms with E-state index in [1.165, 1.54) is 12.1 Å². The van der Waals surface area contributed by atoms with Crippen molar-refractivity contribution in [2.45, 2.75) is 45.6 Å². The molecule has 1 atom stereocenters. The number of carbonyl (C=O) groups excluding carboxylic acids is 1. The Morgan fingerprint density at radius 1 is 1.10 bits per heavy atom. The zero-order valence-corrected chi connectivity index (χ0v) is 16.8. The van der Waals surface area contributed by atoms with Crippen LogP contribution in [-0.4, -0.2) is 33.5 Å². The van der Waals surface area contributed by atoms with E-state index in [1.54, 1.807) is 12.1 Å². The fourth-order valence-electron chi connectivity index (χ4n) is 3.14. The van der Waals surface area contributed by atoms with Gasteiger partial charge in [-0.15, -0.1) is 0 Å². The van der Waals surface area contributed by atoms with Crippen molar-refractivity contribution in [2.24, 2.45) is 0 Å². The highest BCUT2D eigenvalue weighted by molar-refractivity contribution is 5.76. The van der Waals surface area contributed by atoms with E-state index in [2.05, 4.69) is 24.0 Å². The summed E-state index contributed by atoms with van der Waals surface area (Å²) in [7, 11) is 0. The highest BCUT2D eigenvalue weighted by Gasteiger charge is 2.20. The van der Waals surface area contributed by atoms with E-state index >= 15 is 0 Å². The summed E-state index contributed by atoms with van der Waals surface area (Å²) in [5.41, 5.74) is 1.85. The number of hydrogen-bond donors (Lipinski definition) is 0. The fraction of sp³-hybridized carbons (Fsp3) is 0.348. The summed E-state index contributed by atoms with van der Waals surface area (Å²) in [5, 5.41) is 3.97. The van der Waals surface area contributed by atoms with E-state index in [4.69, 9.17) is 4.52 Å². The lowest BCUT2D eigenvalue weighted by molar-refractivity contribution is -0.133. The minimum Gasteiger partial charge on any atom is -0.339 e. The first-order chi connectivity index (χ1) is 14.1. The SMILES string of the molecule is CC[C@H](C)N(CCc1nc(-c2ccc(F)cc2)no1)C(=O)CCc1ccccc1. The van der Waals surface area contributed by atoms with E-state index in [9.17, 15) is 9.18 Å². The molecule has 0 saturated carbocycles. The number of halogens is 1. The molecular formula is C23H26FN3O2. The van der Waals surface area contributed by atoms with Gasteiger partial charge in [-0.3, -0.25) is 4.79 Å². The van der Waals surface area contributed by atoms with Gasteiger partial charge in [0.05, 0.1) is 0 Å². The minimum absolute atomic E-state index is 0.126. The first-order valence-electron chi connectivity index (χ1n) is 9.98. The number of aromatic nitrogens is 2. The molecule has 0 unspecified atom stereocenters. The molecule has 3 rings (SSSR count). The summed E-state index contributed by atoms with van der Waals surface area (Å²) in [6.07, 6.45) is 2.55. The molecule has 1 aromatic heterocycles. The number of benzene rings is 2. The number of nitrogens with zero attached hydrogens (tertiary/aromatic N) is 3. The third-order valence-corrected chi connectivity index (χ3v) is 5.05. The molecule has 2 aromatic carbocycles. The lowest BCUT2D eigenvalue weighted by atomic mass is 10.1. The molecule has 1 heterocycles. The van der Waals surface area contributed by atoms with Gasteiger partial charge in [-0.05, 0) is 49.6 Å². The predicted octanol–water partition coefficient (Wildman–Crippen LogP) is 4.68. The Labute approximate surface area is 170 Å². The second-order valence-corrected chi connectivity index (χ2v) is 7.10. The molecular weight excluding hydrogens is 369 g/mol. The molecule has 0 saturated heterocycles. The van der Waals surface area contributed by atoms with Crippen LogP contribution in [0.4, 0.5) is 4.39 Å². The van der Waals surface area contributed by atoms with Crippen LogP contribution in [0, 0.1) is 5.82 Å². The van der Waals surface area contributed by atoms with Crippen LogP contribution in [0.15, 0.2) is 59.1 Å². The highest BCUT2D eigenvalue weighted by atomic mass is 19.1. The fourth-order valence-corrected chi connectivity index (χ4v) is 3.14. The normalized spacial score (nSPS) is 12.0. The molecule has 0 N–H and O–H groups in total. The first kappa shape index (κ1) is 20.7. The van der Waals surface area contributed by atoms with Gasteiger partial charge in [0.2, 0.25) is 17.6 Å². The molecule has 0 aliphatic carbocycles. The average Bonchev–Trinajstić information content (AvgIpc) is 3.22. The summed E-state index contributed by atoms with van der Waals surface area (Å²) in [5.74, 6) is 0.705. The number of amides is 1. The summed E-state index contributed by atoms with van der Waals surface area (Å²) >= 11 is 0. The van der Waals surface area contributed by atoms with Gasteiger partial charge < -0.3 is 9.42 Å². The zero-order valence-electron chi connectivity index (χ0n) is 16.8. The van der Waals surface area contributed by atoms with Crippen molar-refractivity contribution < 1.29 is 13.7 Å². The van der Waals surface area contributed by atoms with Crippen molar-refractivity contribution in [1.82, 2.24) is 15.0 Å². The Bertz CT molecular complexity index is 909.